The minimum absolute atomic E-state index is 0.0365. The molecule has 0 saturated carbocycles. The fourth-order valence-electron chi connectivity index (χ4n) is 14.3. The van der Waals surface area contributed by atoms with E-state index in [2.05, 4.69) is 142 Å². The van der Waals surface area contributed by atoms with Crippen molar-refractivity contribution in [1.29, 1.82) is 0 Å². The molecule has 9 heterocycles. The molecule has 0 aliphatic heterocycles. The third-order valence-corrected chi connectivity index (χ3v) is 22.4. The number of nitrogens with two attached hydrogens (primary N) is 2. The van der Waals surface area contributed by atoms with E-state index in [-0.39, 0.29) is 32.1 Å². The number of nitrogen functional groups attached to an aromatic ring is 2. The van der Waals surface area contributed by atoms with Gasteiger partial charge in [-0.1, -0.05) is 96.1 Å². The Kier molecular flexibility index (Phi) is 26.5. The van der Waals surface area contributed by atoms with E-state index in [1.54, 1.807) is 34.6 Å². The second-order valence-corrected chi connectivity index (χ2v) is 38.8. The predicted molar refractivity (Wildman–Crippen MR) is 500 cm³/mol. The molecule has 125 heavy (non-hydrogen) atoms. The number of nitrogens with one attached hydrogen (secondary N) is 3. The molecule has 0 aliphatic carbocycles. The number of benzene rings is 8. The molecule has 29 heteroatoms. The van der Waals surface area contributed by atoms with Gasteiger partial charge < -0.3 is 27.3 Å². The third kappa shape index (κ3) is 22.0. The highest BCUT2D eigenvalue weighted by Gasteiger charge is 2.26. The molecule has 0 bridgehead atoms. The highest BCUT2D eigenvalue weighted by molar-refractivity contribution is 8.13. The lowest BCUT2D eigenvalue weighted by Gasteiger charge is -2.22. The number of fused-ring (bicyclic) bond motifs is 5. The van der Waals surface area contributed by atoms with Gasteiger partial charge in [-0.05, 0) is 257 Å². The Morgan fingerprint density at radius 2 is 0.824 bits per heavy atom. The van der Waals surface area contributed by atoms with Gasteiger partial charge in [-0.25, -0.2) is 54.0 Å². The van der Waals surface area contributed by atoms with Crippen LogP contribution in [0.2, 0.25) is 0 Å². The normalized spacial score (nSPS) is 11.8. The molecule has 17 aromatic rings. The highest BCUT2D eigenvalue weighted by atomic mass is 35.7. The highest BCUT2D eigenvalue weighted by Crippen LogP contribution is 2.35. The van der Waals surface area contributed by atoms with Gasteiger partial charge in [0.1, 0.15) is 34.9 Å². The summed E-state index contributed by atoms with van der Waals surface area (Å²) in [6, 6.07) is 68.5. The zero-order chi connectivity index (χ0) is 90.6. The average Bonchev–Trinajstić information content (AvgIpc) is 1.72. The first-order valence-electron chi connectivity index (χ1n) is 40.4. The van der Waals surface area contributed by atoms with Crippen LogP contribution in [0.25, 0.3) is 82.8 Å². The topological polar surface area (TPSA) is 311 Å². The van der Waals surface area contributed by atoms with Gasteiger partial charge in [-0.3, -0.25) is 14.7 Å². The summed E-state index contributed by atoms with van der Waals surface area (Å²) in [5.41, 5.74) is 27.7. The van der Waals surface area contributed by atoms with Crippen molar-refractivity contribution in [3.63, 3.8) is 0 Å². The minimum Gasteiger partial charge on any atom is -0.618 e. The van der Waals surface area contributed by atoms with Crippen molar-refractivity contribution < 1.29 is 30.3 Å². The summed E-state index contributed by atoms with van der Waals surface area (Å²) in [5, 5.41) is 47.2. The monoisotopic (exact) mass is 1740 g/mol. The van der Waals surface area contributed by atoms with Crippen LogP contribution in [0, 0.1) is 65.3 Å². The fraction of sp³-hybridized carbons (Fsp3) is 0.240. The molecule has 7 N–H and O–H groups in total. The average molecular weight is 1740 g/mol. The Morgan fingerprint density at radius 1 is 0.408 bits per heavy atom. The van der Waals surface area contributed by atoms with Crippen LogP contribution in [0.5, 0.6) is 0 Å². The molecule has 0 spiro atoms. The number of aromatic nitrogens is 14. The smallest absolute Gasteiger partial charge is 0.263 e. The zero-order valence-electron chi connectivity index (χ0n) is 73.5. The summed E-state index contributed by atoms with van der Waals surface area (Å²) in [4.78, 5) is 13.0. The Labute approximate surface area is 732 Å². The van der Waals surface area contributed by atoms with E-state index in [9.17, 15) is 30.8 Å². The first-order valence-corrected chi connectivity index (χ1v) is 44.2. The largest absolute Gasteiger partial charge is 0.618 e. The number of halogens is 3. The van der Waals surface area contributed by atoms with E-state index in [0.717, 1.165) is 129 Å². The van der Waals surface area contributed by atoms with Crippen LogP contribution in [-0.4, -0.2) is 91.8 Å². The van der Waals surface area contributed by atoms with Gasteiger partial charge in [0.25, 0.3) is 19.1 Å². The minimum atomic E-state index is -4.07. The van der Waals surface area contributed by atoms with Crippen molar-refractivity contribution in [2.75, 3.05) is 26.8 Å². The Morgan fingerprint density at radius 3 is 1.30 bits per heavy atom. The van der Waals surface area contributed by atoms with E-state index in [1.165, 1.54) is 40.5 Å². The SMILES string of the molecule is CC(C)(C)c1ccc(S(=O)(=O)Cl)cc1F.Cc1cc(C)n(-c2cccc3c2ccc[n+]3[O-])n1.Cc1cc(C)n(-c2cccc3ncccc23)n1.Cc1cc(N)n(-c2cccc3cc(NC(C)(C)C)ccc23)n1.Cc1cc(N)n(-c2cccc3ncccc23)n1.Cc1cc(NS(=O)(=O)c2ccc(C(C)(C)C)c(F)c2)n(-c2cccc3nc(NC(C)(C)C)ccc23)n1. The fourth-order valence-corrected chi connectivity index (χ4v) is 16.1. The van der Waals surface area contributed by atoms with Crippen molar-refractivity contribution >= 4 is 113 Å². The van der Waals surface area contributed by atoms with Gasteiger partial charge in [-0.2, -0.15) is 30.2 Å². The van der Waals surface area contributed by atoms with Crippen LogP contribution in [-0.2, 0) is 29.9 Å². The van der Waals surface area contributed by atoms with Crippen molar-refractivity contribution in [3.05, 3.63) is 311 Å². The standard InChI is InChI=1S/C27H32FN5O2S.C18H22N4.C14H13N3O.C14H13N3.C13H12N4.C10H12ClFO2S/c1-17-15-25(32-36(34,35)18-11-13-20(21(28)16-18)26(2,3)4)33(31-17)23-10-8-9-22-19(23)12-14-24(29-22)30-27(5,6)7;1-12-10-17(19)22(21-12)16-7-5-6-13-11-14(8-9-15(13)16)20-18(2,3)4;1-10-9-11(2)17(15-10)14-7-3-6-13-12(14)5-4-8-16(13)18;1-10-9-11(2)17(16-10)14-7-3-6-13-12(14)5-4-8-15-13;1-9-8-13(14)17(16-9)12-6-2-5-11-10(12)4-3-7-15-11;1-10(2,3)8-5-4-7(6-9(8)12)15(11,13)14/h8-16,32H,1-7H3,(H,29,30);5-11,20H,19H2,1-4H3;3-9H,1-2H3;3-9H,1-2H3;2-8H,14H2,1H3;4-6H,1-3H3. The molecule has 0 unspecified atom stereocenters. The lowest BCUT2D eigenvalue weighted by atomic mass is 9.87. The molecule has 0 fully saturated rings. The second kappa shape index (κ2) is 36.5. The molecule has 0 amide bonds. The third-order valence-electron chi connectivity index (χ3n) is 19.7. The molecule has 8 aromatic carbocycles. The number of hydrogen-bond donors (Lipinski definition) is 5. The quantitative estimate of drug-likeness (QED) is 0.0456. The maximum atomic E-state index is 14.8. The Hall–Kier alpha value is -13.4. The van der Waals surface area contributed by atoms with Gasteiger partial charge in [-0.15, -0.1) is 0 Å². The van der Waals surface area contributed by atoms with Crippen molar-refractivity contribution in [3.8, 4) is 28.4 Å². The molecule has 0 aliphatic rings. The Balaban J connectivity index is 0.000000141. The van der Waals surface area contributed by atoms with Crippen LogP contribution in [0.15, 0.2) is 253 Å². The van der Waals surface area contributed by atoms with Crippen molar-refractivity contribution in [2.24, 2.45) is 0 Å². The van der Waals surface area contributed by atoms with Crippen molar-refractivity contribution in [1.82, 2.24) is 63.9 Å². The maximum Gasteiger partial charge on any atom is 0.263 e. The van der Waals surface area contributed by atoms with Gasteiger partial charge >= 0.3 is 0 Å². The molecular formula is C96H104ClF2N19O5S2. The van der Waals surface area contributed by atoms with E-state index in [4.69, 9.17) is 27.1 Å². The van der Waals surface area contributed by atoms with Crippen molar-refractivity contribution in [2.45, 2.75) is 163 Å². The molecule has 0 atom stereocenters. The van der Waals surface area contributed by atoms with E-state index < -0.39 is 36.1 Å². The molecule has 24 nitrogen and oxygen atoms in total. The summed E-state index contributed by atoms with van der Waals surface area (Å²) >= 11 is 0. The molecule has 0 saturated heterocycles. The second-order valence-electron chi connectivity index (χ2n) is 34.6. The van der Waals surface area contributed by atoms with E-state index in [1.807, 2.05) is 225 Å². The van der Waals surface area contributed by atoms with Crippen LogP contribution in [0.1, 0.15) is 134 Å². The summed E-state index contributed by atoms with van der Waals surface area (Å²) < 4.78 is 89.0. The number of nitrogens with zero attached hydrogens (tertiary/aromatic N) is 14. The molecule has 0 radical (unpaired) electrons. The molecular weight excluding hydrogens is 1640 g/mol. The van der Waals surface area contributed by atoms with E-state index >= 15 is 0 Å². The summed E-state index contributed by atoms with van der Waals surface area (Å²) in [5.74, 6) is 1.17. The van der Waals surface area contributed by atoms with Crippen LogP contribution in [0.4, 0.5) is 37.7 Å². The molecule has 646 valence electrons. The zero-order valence-corrected chi connectivity index (χ0v) is 75.9. The molecule has 17 rings (SSSR count). The first-order chi connectivity index (χ1) is 58.8. The van der Waals surface area contributed by atoms with Gasteiger partial charge in [0.15, 0.2) is 6.20 Å². The maximum absolute atomic E-state index is 14.8. The van der Waals surface area contributed by atoms with Crippen LogP contribution in [0.3, 0.4) is 0 Å². The number of pyridine rings is 4. The number of aryl methyl sites for hydroxylation is 7. The van der Waals surface area contributed by atoms with Gasteiger partial charge in [0.2, 0.25) is 5.52 Å². The predicted octanol–water partition coefficient (Wildman–Crippen LogP) is 21.0. The lowest BCUT2D eigenvalue weighted by Crippen LogP contribution is -2.26. The summed E-state index contributed by atoms with van der Waals surface area (Å²) in [6.45, 7) is 37.5. The number of anilines is 5. The summed E-state index contributed by atoms with van der Waals surface area (Å²) in [6.07, 6.45) is 5.10. The number of sulfonamides is 1. The Bertz CT molecular complexity index is 6940. The van der Waals surface area contributed by atoms with Gasteiger partial charge in [0, 0.05) is 103 Å². The number of rotatable bonds is 11. The van der Waals surface area contributed by atoms with E-state index in [0.29, 0.717) is 39.7 Å². The first kappa shape index (κ1) is 90.8. The lowest BCUT2D eigenvalue weighted by molar-refractivity contribution is -0.577. The molecule has 9 aromatic heterocycles. The number of hydrogen-bond acceptors (Lipinski definition) is 17. The van der Waals surface area contributed by atoms with Gasteiger partial charge in [0.05, 0.1) is 88.6 Å². The summed E-state index contributed by atoms with van der Waals surface area (Å²) in [7, 11) is -2.82. The van der Waals surface area contributed by atoms with Crippen LogP contribution < -0.4 is 31.6 Å². The van der Waals surface area contributed by atoms with Crippen LogP contribution >= 0.6 is 10.7 Å².